The summed E-state index contributed by atoms with van der Waals surface area (Å²) < 4.78 is 19.7. The molecule has 1 aliphatic rings. The van der Waals surface area contributed by atoms with Gasteiger partial charge in [-0.3, -0.25) is 4.79 Å². The van der Waals surface area contributed by atoms with Gasteiger partial charge in [0, 0.05) is 18.5 Å². The van der Waals surface area contributed by atoms with Crippen LogP contribution in [0.15, 0.2) is 47.0 Å². The summed E-state index contributed by atoms with van der Waals surface area (Å²) in [6.07, 6.45) is 1.19. The van der Waals surface area contributed by atoms with Crippen LogP contribution in [0.1, 0.15) is 36.3 Å². The maximum absolute atomic E-state index is 14.2. The SMILES string of the molecule is CCc1ccc(-c2noc(C3CC(=O)N(c4ccc(C)cc4F)C3)n2)cc1. The van der Waals surface area contributed by atoms with Gasteiger partial charge in [0.2, 0.25) is 17.6 Å². The molecule has 0 aliphatic carbocycles. The quantitative estimate of drug-likeness (QED) is 0.693. The number of hydrogen-bond acceptors (Lipinski definition) is 4. The molecule has 1 amide bonds. The first-order chi connectivity index (χ1) is 13.0. The van der Waals surface area contributed by atoms with E-state index in [1.54, 1.807) is 12.1 Å². The molecule has 0 bridgehead atoms. The number of halogens is 1. The molecule has 0 saturated carbocycles. The number of carbonyl (C=O) groups excluding carboxylic acids is 1. The van der Waals surface area contributed by atoms with Crippen LogP contribution in [0.3, 0.4) is 0 Å². The Hall–Kier alpha value is -3.02. The fourth-order valence-corrected chi connectivity index (χ4v) is 3.34. The number of nitrogens with zero attached hydrogens (tertiary/aromatic N) is 3. The van der Waals surface area contributed by atoms with Crippen LogP contribution in [0.5, 0.6) is 0 Å². The second-order valence-electron chi connectivity index (χ2n) is 6.87. The van der Waals surface area contributed by atoms with E-state index in [1.807, 2.05) is 31.2 Å². The highest BCUT2D eigenvalue weighted by molar-refractivity contribution is 5.96. The summed E-state index contributed by atoms with van der Waals surface area (Å²) in [6, 6.07) is 12.9. The first kappa shape index (κ1) is 17.4. The molecule has 2 heterocycles. The second-order valence-corrected chi connectivity index (χ2v) is 6.87. The van der Waals surface area contributed by atoms with Crippen molar-refractivity contribution in [3.05, 3.63) is 65.3 Å². The van der Waals surface area contributed by atoms with Gasteiger partial charge in [-0.15, -0.1) is 0 Å². The molecule has 1 saturated heterocycles. The lowest BCUT2D eigenvalue weighted by Crippen LogP contribution is -2.25. The van der Waals surface area contributed by atoms with Crippen LogP contribution in [-0.2, 0) is 11.2 Å². The molecule has 27 heavy (non-hydrogen) atoms. The number of carbonyl (C=O) groups is 1. The van der Waals surface area contributed by atoms with Crippen molar-refractivity contribution in [2.75, 3.05) is 11.4 Å². The smallest absolute Gasteiger partial charge is 0.232 e. The van der Waals surface area contributed by atoms with Crippen molar-refractivity contribution in [3.63, 3.8) is 0 Å². The van der Waals surface area contributed by atoms with Crippen molar-refractivity contribution in [1.82, 2.24) is 10.1 Å². The van der Waals surface area contributed by atoms with E-state index < -0.39 is 5.82 Å². The highest BCUT2D eigenvalue weighted by Gasteiger charge is 2.36. The number of aromatic nitrogens is 2. The molecule has 138 valence electrons. The van der Waals surface area contributed by atoms with Gasteiger partial charge in [0.1, 0.15) is 5.82 Å². The summed E-state index contributed by atoms with van der Waals surface area (Å²) in [4.78, 5) is 18.3. The first-order valence-corrected chi connectivity index (χ1v) is 9.04. The van der Waals surface area contributed by atoms with Gasteiger partial charge in [0.25, 0.3) is 0 Å². The number of aryl methyl sites for hydroxylation is 2. The number of amides is 1. The maximum Gasteiger partial charge on any atom is 0.232 e. The first-order valence-electron chi connectivity index (χ1n) is 9.04. The van der Waals surface area contributed by atoms with Gasteiger partial charge in [-0.1, -0.05) is 42.4 Å². The molecule has 5 nitrogen and oxygen atoms in total. The second kappa shape index (κ2) is 6.95. The molecule has 4 rings (SSSR count). The topological polar surface area (TPSA) is 59.2 Å². The third-order valence-electron chi connectivity index (χ3n) is 4.93. The zero-order valence-electron chi connectivity index (χ0n) is 15.3. The van der Waals surface area contributed by atoms with Crippen molar-refractivity contribution in [3.8, 4) is 11.4 Å². The van der Waals surface area contributed by atoms with Gasteiger partial charge in [-0.2, -0.15) is 4.98 Å². The van der Waals surface area contributed by atoms with E-state index >= 15 is 0 Å². The van der Waals surface area contributed by atoms with E-state index in [2.05, 4.69) is 17.1 Å². The molecule has 3 aromatic rings. The zero-order valence-corrected chi connectivity index (χ0v) is 15.3. The standard InChI is InChI=1S/C21H20FN3O2/c1-3-14-5-7-15(8-6-14)20-23-21(27-24-20)16-11-19(26)25(12-16)18-9-4-13(2)10-17(18)22/h4-10,16H,3,11-12H2,1-2H3. The Labute approximate surface area is 156 Å². The van der Waals surface area contributed by atoms with Crippen LogP contribution in [0.25, 0.3) is 11.4 Å². The van der Waals surface area contributed by atoms with E-state index in [1.165, 1.54) is 16.5 Å². The maximum atomic E-state index is 14.2. The minimum Gasteiger partial charge on any atom is -0.339 e. The van der Waals surface area contributed by atoms with Gasteiger partial charge in [0.05, 0.1) is 11.6 Å². The van der Waals surface area contributed by atoms with E-state index in [9.17, 15) is 9.18 Å². The summed E-state index contributed by atoms with van der Waals surface area (Å²) in [6.45, 7) is 4.24. The predicted octanol–water partition coefficient (Wildman–Crippen LogP) is 4.27. The minimum atomic E-state index is -0.397. The largest absolute Gasteiger partial charge is 0.339 e. The van der Waals surface area contributed by atoms with Crippen LogP contribution in [0.2, 0.25) is 0 Å². The summed E-state index contributed by atoms with van der Waals surface area (Å²) in [5.41, 5.74) is 3.21. The molecule has 0 radical (unpaired) electrons. The Morgan fingerprint density at radius 2 is 2.00 bits per heavy atom. The van der Waals surface area contributed by atoms with Crippen molar-refractivity contribution in [2.24, 2.45) is 0 Å². The highest BCUT2D eigenvalue weighted by Crippen LogP contribution is 2.33. The Morgan fingerprint density at radius 3 is 2.70 bits per heavy atom. The lowest BCUT2D eigenvalue weighted by atomic mass is 10.1. The van der Waals surface area contributed by atoms with E-state index in [-0.39, 0.29) is 18.2 Å². The average molecular weight is 365 g/mol. The van der Waals surface area contributed by atoms with Gasteiger partial charge < -0.3 is 9.42 Å². The number of hydrogen-bond donors (Lipinski definition) is 0. The summed E-state index contributed by atoms with van der Waals surface area (Å²) >= 11 is 0. The molecule has 1 fully saturated rings. The fourth-order valence-electron chi connectivity index (χ4n) is 3.34. The number of rotatable bonds is 4. The molecule has 6 heteroatoms. The normalized spacial score (nSPS) is 16.9. The van der Waals surface area contributed by atoms with Crippen LogP contribution in [0, 0.1) is 12.7 Å². The molecule has 1 aliphatic heterocycles. The average Bonchev–Trinajstić information content (AvgIpc) is 3.29. The molecule has 1 aromatic heterocycles. The molecule has 0 spiro atoms. The number of anilines is 1. The van der Waals surface area contributed by atoms with Gasteiger partial charge in [0.15, 0.2) is 0 Å². The zero-order chi connectivity index (χ0) is 19.0. The van der Waals surface area contributed by atoms with E-state index in [4.69, 9.17) is 4.52 Å². The molecular weight excluding hydrogens is 345 g/mol. The Kier molecular flexibility index (Phi) is 4.48. The van der Waals surface area contributed by atoms with Crippen molar-refractivity contribution < 1.29 is 13.7 Å². The molecule has 1 unspecified atom stereocenters. The van der Waals surface area contributed by atoms with Gasteiger partial charge in [-0.05, 0) is 36.6 Å². The van der Waals surface area contributed by atoms with Crippen LogP contribution in [-0.4, -0.2) is 22.6 Å². The van der Waals surface area contributed by atoms with Gasteiger partial charge in [-0.25, -0.2) is 4.39 Å². The van der Waals surface area contributed by atoms with E-state index in [0.717, 1.165) is 17.5 Å². The molecular formula is C21H20FN3O2. The van der Waals surface area contributed by atoms with Crippen LogP contribution in [0.4, 0.5) is 10.1 Å². The predicted molar refractivity (Wildman–Crippen MR) is 100.0 cm³/mol. The Bertz CT molecular complexity index is 981. The lowest BCUT2D eigenvalue weighted by molar-refractivity contribution is -0.117. The lowest BCUT2D eigenvalue weighted by Gasteiger charge is -2.17. The van der Waals surface area contributed by atoms with Crippen molar-refractivity contribution >= 4 is 11.6 Å². The molecule has 0 N–H and O–H groups in total. The van der Waals surface area contributed by atoms with Crippen LogP contribution < -0.4 is 4.90 Å². The summed E-state index contributed by atoms with van der Waals surface area (Å²) in [5.74, 6) is 0.128. The fraction of sp³-hybridized carbons (Fsp3) is 0.286. The van der Waals surface area contributed by atoms with Crippen LogP contribution >= 0.6 is 0 Å². The third-order valence-corrected chi connectivity index (χ3v) is 4.93. The van der Waals surface area contributed by atoms with E-state index in [0.29, 0.717) is 23.9 Å². The molecule has 1 atom stereocenters. The highest BCUT2D eigenvalue weighted by atomic mass is 19.1. The number of benzene rings is 2. The van der Waals surface area contributed by atoms with Crippen molar-refractivity contribution in [2.45, 2.75) is 32.6 Å². The minimum absolute atomic E-state index is 0.144. The Morgan fingerprint density at radius 1 is 1.22 bits per heavy atom. The monoisotopic (exact) mass is 365 g/mol. The summed E-state index contributed by atoms with van der Waals surface area (Å²) in [7, 11) is 0. The van der Waals surface area contributed by atoms with Crippen molar-refractivity contribution in [1.29, 1.82) is 0 Å². The third kappa shape index (κ3) is 3.35. The Balaban J connectivity index is 1.54. The van der Waals surface area contributed by atoms with Gasteiger partial charge >= 0.3 is 0 Å². The molecule has 2 aromatic carbocycles. The summed E-state index contributed by atoms with van der Waals surface area (Å²) in [5, 5.41) is 4.05.